The molecule has 5 heteroatoms. The second kappa shape index (κ2) is 8.15. The van der Waals surface area contributed by atoms with E-state index < -0.39 is 0 Å². The minimum Gasteiger partial charge on any atom is -0.385 e. The molecule has 5 nitrogen and oxygen atoms in total. The molecule has 2 heterocycles. The largest absolute Gasteiger partial charge is 0.385 e. The fourth-order valence-corrected chi connectivity index (χ4v) is 2.83. The van der Waals surface area contributed by atoms with Crippen molar-refractivity contribution in [2.24, 2.45) is 4.99 Å². The van der Waals surface area contributed by atoms with E-state index in [-0.39, 0.29) is 0 Å². The number of amidine groups is 1. The Morgan fingerprint density at radius 3 is 2.73 bits per heavy atom. The zero-order chi connectivity index (χ0) is 15.0. The highest BCUT2D eigenvalue weighted by Gasteiger charge is 2.09. The van der Waals surface area contributed by atoms with Gasteiger partial charge in [0.1, 0.15) is 5.84 Å². The van der Waals surface area contributed by atoms with Gasteiger partial charge in [0.2, 0.25) is 0 Å². The van der Waals surface area contributed by atoms with Crippen LogP contribution in [0.15, 0.2) is 29.3 Å². The molecule has 2 N–H and O–H groups in total. The molecule has 0 atom stereocenters. The lowest BCUT2D eigenvalue weighted by Gasteiger charge is -2.26. The highest BCUT2D eigenvalue weighted by Crippen LogP contribution is 2.11. The Balaban J connectivity index is 1.40. The standard InChI is InChI=1S/C17H26N4O/c1-7-19-17(20-8-1)15-3-5-16(6-4-15)18-9-2-10-21-11-13-22-14-12-21/h3-6,18H,1-2,7-14H2,(H,19,20). The molecule has 0 unspecified atom stereocenters. The van der Waals surface area contributed by atoms with E-state index in [0.29, 0.717) is 0 Å². The number of rotatable bonds is 6. The smallest absolute Gasteiger partial charge is 0.128 e. The van der Waals surface area contributed by atoms with Crippen LogP contribution in [0.4, 0.5) is 5.69 Å². The van der Waals surface area contributed by atoms with Crippen molar-refractivity contribution >= 4 is 11.5 Å². The van der Waals surface area contributed by atoms with E-state index in [1.165, 1.54) is 11.3 Å². The van der Waals surface area contributed by atoms with Gasteiger partial charge in [0.25, 0.3) is 0 Å². The maximum absolute atomic E-state index is 5.36. The van der Waals surface area contributed by atoms with Gasteiger partial charge in [0, 0.05) is 44.0 Å². The molecule has 0 saturated carbocycles. The number of anilines is 1. The van der Waals surface area contributed by atoms with Crippen molar-refractivity contribution in [1.82, 2.24) is 10.2 Å². The van der Waals surface area contributed by atoms with Gasteiger partial charge in [0.15, 0.2) is 0 Å². The molecule has 0 aromatic heterocycles. The quantitative estimate of drug-likeness (QED) is 0.783. The summed E-state index contributed by atoms with van der Waals surface area (Å²) in [6, 6.07) is 8.56. The molecular weight excluding hydrogens is 276 g/mol. The summed E-state index contributed by atoms with van der Waals surface area (Å²) in [6.45, 7) is 8.03. The number of benzene rings is 1. The van der Waals surface area contributed by atoms with Crippen molar-refractivity contribution in [2.45, 2.75) is 12.8 Å². The van der Waals surface area contributed by atoms with Crippen LogP contribution in [-0.4, -0.2) is 63.2 Å². The van der Waals surface area contributed by atoms with E-state index in [2.05, 4.69) is 44.8 Å². The zero-order valence-electron chi connectivity index (χ0n) is 13.2. The normalized spacial score (nSPS) is 19.4. The van der Waals surface area contributed by atoms with Gasteiger partial charge in [-0.05, 0) is 43.7 Å². The minimum atomic E-state index is 0.882. The van der Waals surface area contributed by atoms with Gasteiger partial charge < -0.3 is 15.4 Å². The predicted octanol–water partition coefficient (Wildman–Crippen LogP) is 1.56. The van der Waals surface area contributed by atoms with E-state index in [0.717, 1.165) is 71.2 Å². The van der Waals surface area contributed by atoms with E-state index in [1.807, 2.05) is 0 Å². The lowest BCUT2D eigenvalue weighted by molar-refractivity contribution is 0.0378. The Morgan fingerprint density at radius 1 is 1.18 bits per heavy atom. The SMILES string of the molecule is c1cc(C2=NCCCN2)ccc1NCCCN1CCOCC1. The van der Waals surface area contributed by atoms with Gasteiger partial charge in [-0.25, -0.2) is 0 Å². The first-order chi connectivity index (χ1) is 10.9. The van der Waals surface area contributed by atoms with Crippen LogP contribution in [0.5, 0.6) is 0 Å². The summed E-state index contributed by atoms with van der Waals surface area (Å²) < 4.78 is 5.36. The van der Waals surface area contributed by atoms with E-state index >= 15 is 0 Å². The van der Waals surface area contributed by atoms with Crippen LogP contribution in [0.25, 0.3) is 0 Å². The predicted molar refractivity (Wildman–Crippen MR) is 90.8 cm³/mol. The number of nitrogens with one attached hydrogen (secondary N) is 2. The van der Waals surface area contributed by atoms with E-state index in [9.17, 15) is 0 Å². The third kappa shape index (κ3) is 4.45. The number of ether oxygens (including phenoxy) is 1. The molecule has 0 aliphatic carbocycles. The Labute approximate surface area is 132 Å². The first kappa shape index (κ1) is 15.3. The molecule has 1 aromatic carbocycles. The zero-order valence-corrected chi connectivity index (χ0v) is 13.2. The average molecular weight is 302 g/mol. The molecule has 22 heavy (non-hydrogen) atoms. The average Bonchev–Trinajstić information content (AvgIpc) is 2.61. The third-order valence-electron chi connectivity index (χ3n) is 4.14. The molecular formula is C17H26N4O. The first-order valence-electron chi connectivity index (χ1n) is 8.34. The first-order valence-corrected chi connectivity index (χ1v) is 8.34. The van der Waals surface area contributed by atoms with Crippen LogP contribution in [0, 0.1) is 0 Å². The summed E-state index contributed by atoms with van der Waals surface area (Å²) in [6.07, 6.45) is 2.29. The van der Waals surface area contributed by atoms with Gasteiger partial charge in [-0.3, -0.25) is 9.89 Å². The molecule has 0 spiro atoms. The van der Waals surface area contributed by atoms with Crippen molar-refractivity contribution in [3.8, 4) is 0 Å². The van der Waals surface area contributed by atoms with E-state index in [1.54, 1.807) is 0 Å². The number of hydrogen-bond acceptors (Lipinski definition) is 5. The molecule has 3 rings (SSSR count). The van der Waals surface area contributed by atoms with Crippen LogP contribution < -0.4 is 10.6 Å². The van der Waals surface area contributed by atoms with Crippen molar-refractivity contribution in [3.63, 3.8) is 0 Å². The molecule has 0 radical (unpaired) electrons. The van der Waals surface area contributed by atoms with Gasteiger partial charge in [0.05, 0.1) is 13.2 Å². The van der Waals surface area contributed by atoms with Gasteiger partial charge in [-0.15, -0.1) is 0 Å². The maximum atomic E-state index is 5.36. The maximum Gasteiger partial charge on any atom is 0.128 e. The van der Waals surface area contributed by atoms with Crippen molar-refractivity contribution in [3.05, 3.63) is 29.8 Å². The number of morpholine rings is 1. The fraction of sp³-hybridized carbons (Fsp3) is 0.588. The van der Waals surface area contributed by atoms with Crippen LogP contribution in [0.3, 0.4) is 0 Å². The van der Waals surface area contributed by atoms with Gasteiger partial charge in [-0.2, -0.15) is 0 Å². The summed E-state index contributed by atoms with van der Waals surface area (Å²) in [4.78, 5) is 7.00. The lowest BCUT2D eigenvalue weighted by Crippen LogP contribution is -2.37. The summed E-state index contributed by atoms with van der Waals surface area (Å²) in [5.41, 5.74) is 2.36. The highest BCUT2D eigenvalue weighted by atomic mass is 16.5. The van der Waals surface area contributed by atoms with Crippen LogP contribution in [-0.2, 0) is 4.74 Å². The summed E-state index contributed by atoms with van der Waals surface area (Å²) in [5, 5.41) is 6.85. The fourth-order valence-electron chi connectivity index (χ4n) is 2.83. The molecule has 1 aromatic rings. The second-order valence-electron chi connectivity index (χ2n) is 5.82. The Kier molecular flexibility index (Phi) is 5.67. The number of hydrogen-bond donors (Lipinski definition) is 2. The minimum absolute atomic E-state index is 0.882. The molecule has 2 aliphatic heterocycles. The molecule has 120 valence electrons. The van der Waals surface area contributed by atoms with Gasteiger partial charge >= 0.3 is 0 Å². The molecule has 1 fully saturated rings. The van der Waals surface area contributed by atoms with Crippen LogP contribution >= 0.6 is 0 Å². The van der Waals surface area contributed by atoms with Gasteiger partial charge in [-0.1, -0.05) is 0 Å². The number of aliphatic imine (C=N–C) groups is 1. The highest BCUT2D eigenvalue weighted by molar-refractivity contribution is 5.99. The van der Waals surface area contributed by atoms with E-state index in [4.69, 9.17) is 4.74 Å². The summed E-state index contributed by atoms with van der Waals surface area (Å²) >= 11 is 0. The molecule has 0 amide bonds. The molecule has 1 saturated heterocycles. The lowest BCUT2D eigenvalue weighted by atomic mass is 10.1. The Bertz CT molecular complexity index is 480. The Morgan fingerprint density at radius 2 is 2.00 bits per heavy atom. The monoisotopic (exact) mass is 302 g/mol. The number of nitrogens with zero attached hydrogens (tertiary/aromatic N) is 2. The summed E-state index contributed by atoms with van der Waals surface area (Å²) in [7, 11) is 0. The van der Waals surface area contributed by atoms with Crippen molar-refractivity contribution in [1.29, 1.82) is 0 Å². The van der Waals surface area contributed by atoms with Crippen molar-refractivity contribution < 1.29 is 4.74 Å². The molecule has 0 bridgehead atoms. The van der Waals surface area contributed by atoms with Crippen LogP contribution in [0.1, 0.15) is 18.4 Å². The molecule has 2 aliphatic rings. The van der Waals surface area contributed by atoms with Crippen LogP contribution in [0.2, 0.25) is 0 Å². The second-order valence-corrected chi connectivity index (χ2v) is 5.82. The topological polar surface area (TPSA) is 48.9 Å². The third-order valence-corrected chi connectivity index (χ3v) is 4.14. The van der Waals surface area contributed by atoms with Crippen molar-refractivity contribution in [2.75, 3.05) is 57.8 Å². The Hall–Kier alpha value is -1.59. The summed E-state index contributed by atoms with van der Waals surface area (Å²) in [5.74, 6) is 1.03.